The lowest BCUT2D eigenvalue weighted by atomic mass is 10.1. The molecule has 0 unspecified atom stereocenters. The number of benzene rings is 2. The Morgan fingerprint density at radius 3 is 2.09 bits per heavy atom. The topological polar surface area (TPSA) is 60.5 Å². The minimum Gasteiger partial charge on any atom is -0.493 e. The number of hydrogen-bond acceptors (Lipinski definition) is 6. The van der Waals surface area contributed by atoms with E-state index in [0.717, 1.165) is 25.2 Å². The number of amides is 1. The van der Waals surface area contributed by atoms with E-state index >= 15 is 0 Å². The lowest BCUT2D eigenvalue weighted by Crippen LogP contribution is -2.43. The third-order valence-electron chi connectivity index (χ3n) is 5.64. The lowest BCUT2D eigenvalue weighted by Gasteiger charge is -2.30. The summed E-state index contributed by atoms with van der Waals surface area (Å²) in [6.07, 6.45) is -4.42. The molecule has 0 atom stereocenters. The Hall–Kier alpha value is -2.98. The fourth-order valence-electron chi connectivity index (χ4n) is 3.75. The molecule has 0 radical (unpaired) electrons. The van der Waals surface area contributed by atoms with Crippen molar-refractivity contribution >= 4 is 5.91 Å². The number of carbonyl (C=O) groups is 1. The normalized spacial score (nSPS) is 14.5. The van der Waals surface area contributed by atoms with Crippen molar-refractivity contribution in [2.75, 3.05) is 60.7 Å². The molecule has 1 aliphatic rings. The van der Waals surface area contributed by atoms with Crippen LogP contribution in [-0.4, -0.2) is 76.4 Å². The molecule has 34 heavy (non-hydrogen) atoms. The minimum atomic E-state index is -4.42. The van der Waals surface area contributed by atoms with E-state index in [1.807, 2.05) is 0 Å². The predicted molar refractivity (Wildman–Crippen MR) is 120 cm³/mol. The molecule has 0 N–H and O–H groups in total. The number of nitrogens with zero attached hydrogens (tertiary/aromatic N) is 2. The van der Waals surface area contributed by atoms with Crippen molar-refractivity contribution in [3.8, 4) is 17.2 Å². The van der Waals surface area contributed by atoms with E-state index in [0.29, 0.717) is 54.7 Å². The largest absolute Gasteiger partial charge is 0.493 e. The van der Waals surface area contributed by atoms with Gasteiger partial charge in [0, 0.05) is 38.3 Å². The van der Waals surface area contributed by atoms with Gasteiger partial charge in [0.1, 0.15) is 0 Å². The van der Waals surface area contributed by atoms with Crippen LogP contribution in [0.5, 0.6) is 17.2 Å². The summed E-state index contributed by atoms with van der Waals surface area (Å²) in [5.74, 6) is 0.747. The highest BCUT2D eigenvalue weighted by Crippen LogP contribution is 2.38. The van der Waals surface area contributed by atoms with Crippen molar-refractivity contribution in [1.82, 2.24) is 9.80 Å². The number of hydrogen-bond donors (Lipinski definition) is 0. The number of rotatable bonds is 9. The number of halogens is 3. The van der Waals surface area contributed by atoms with Crippen LogP contribution in [0.4, 0.5) is 13.2 Å². The van der Waals surface area contributed by atoms with Gasteiger partial charge in [-0.15, -0.1) is 0 Å². The summed E-state index contributed by atoms with van der Waals surface area (Å²) in [4.78, 5) is 17.3. The summed E-state index contributed by atoms with van der Waals surface area (Å²) in [5, 5.41) is 0. The summed E-state index contributed by atoms with van der Waals surface area (Å²) < 4.78 is 60.3. The summed E-state index contributed by atoms with van der Waals surface area (Å²) in [6, 6.07) is 7.98. The molecule has 1 fully saturated rings. The van der Waals surface area contributed by atoms with Gasteiger partial charge < -0.3 is 23.8 Å². The van der Waals surface area contributed by atoms with Gasteiger partial charge in [-0.3, -0.25) is 9.69 Å². The fraction of sp³-hybridized carbons (Fsp3) is 0.458. The van der Waals surface area contributed by atoms with Crippen molar-refractivity contribution in [1.29, 1.82) is 0 Å². The van der Waals surface area contributed by atoms with Gasteiger partial charge in [0.2, 0.25) is 5.75 Å². The molecule has 0 aliphatic carbocycles. The lowest BCUT2D eigenvalue weighted by molar-refractivity contribution is -0.137. The van der Waals surface area contributed by atoms with Crippen LogP contribution in [0.1, 0.15) is 21.5 Å². The van der Waals surface area contributed by atoms with Crippen molar-refractivity contribution in [2.24, 2.45) is 0 Å². The zero-order valence-corrected chi connectivity index (χ0v) is 19.5. The molecule has 0 aromatic heterocycles. The molecule has 3 rings (SSSR count). The van der Waals surface area contributed by atoms with Crippen LogP contribution in [0.15, 0.2) is 36.4 Å². The molecule has 0 saturated carbocycles. The number of morpholine rings is 1. The van der Waals surface area contributed by atoms with Gasteiger partial charge in [-0.05, 0) is 29.8 Å². The number of methoxy groups -OCH3 is 3. The summed E-state index contributed by atoms with van der Waals surface area (Å²) >= 11 is 0. The Balaban J connectivity index is 1.87. The fourth-order valence-corrected chi connectivity index (χ4v) is 3.75. The first-order chi connectivity index (χ1) is 16.3. The molecule has 1 aliphatic heterocycles. The molecule has 0 spiro atoms. The van der Waals surface area contributed by atoms with E-state index in [9.17, 15) is 18.0 Å². The maximum absolute atomic E-state index is 13.5. The minimum absolute atomic E-state index is 0.151. The van der Waals surface area contributed by atoms with Crippen LogP contribution in [0.2, 0.25) is 0 Å². The van der Waals surface area contributed by atoms with Crippen LogP contribution >= 0.6 is 0 Å². The Kier molecular flexibility index (Phi) is 8.62. The van der Waals surface area contributed by atoms with Crippen LogP contribution < -0.4 is 14.2 Å². The number of carbonyl (C=O) groups excluding carboxylic acids is 1. The van der Waals surface area contributed by atoms with E-state index in [1.54, 1.807) is 17.0 Å². The quantitative estimate of drug-likeness (QED) is 0.543. The number of ether oxygens (including phenoxy) is 4. The van der Waals surface area contributed by atoms with Crippen molar-refractivity contribution in [3.63, 3.8) is 0 Å². The first-order valence-corrected chi connectivity index (χ1v) is 10.8. The Morgan fingerprint density at radius 1 is 1.00 bits per heavy atom. The summed E-state index contributed by atoms with van der Waals surface area (Å²) in [5.41, 5.74) is 0.186. The molecule has 2 aromatic carbocycles. The van der Waals surface area contributed by atoms with Crippen LogP contribution in [0.25, 0.3) is 0 Å². The molecule has 1 saturated heterocycles. The SMILES string of the molecule is COc1cc(C(=O)N(CCN2CCOCC2)Cc2ccc(C(F)(F)F)cc2)cc(OC)c1OC. The van der Waals surface area contributed by atoms with Crippen molar-refractivity contribution < 1.29 is 36.9 Å². The second kappa shape index (κ2) is 11.4. The van der Waals surface area contributed by atoms with Crippen LogP contribution in [-0.2, 0) is 17.5 Å². The van der Waals surface area contributed by atoms with Gasteiger partial charge in [-0.1, -0.05) is 12.1 Å². The standard InChI is InChI=1S/C24H29F3N2O5/c1-31-20-14-18(15-21(32-2)22(20)33-3)23(30)29(9-8-28-10-12-34-13-11-28)16-17-4-6-19(7-5-17)24(25,26)27/h4-7,14-15H,8-13,16H2,1-3H3. The second-order valence-electron chi connectivity index (χ2n) is 7.79. The zero-order valence-electron chi connectivity index (χ0n) is 19.5. The smallest absolute Gasteiger partial charge is 0.416 e. The van der Waals surface area contributed by atoms with E-state index in [1.165, 1.54) is 33.5 Å². The average Bonchev–Trinajstić information content (AvgIpc) is 2.85. The molecule has 7 nitrogen and oxygen atoms in total. The molecule has 1 heterocycles. The maximum Gasteiger partial charge on any atom is 0.416 e. The highest BCUT2D eigenvalue weighted by Gasteiger charge is 2.30. The zero-order chi connectivity index (χ0) is 24.7. The van der Waals surface area contributed by atoms with Crippen molar-refractivity contribution in [3.05, 3.63) is 53.1 Å². The number of alkyl halides is 3. The first kappa shape index (κ1) is 25.6. The van der Waals surface area contributed by atoms with E-state index < -0.39 is 11.7 Å². The monoisotopic (exact) mass is 482 g/mol. The van der Waals surface area contributed by atoms with Gasteiger partial charge in [0.15, 0.2) is 11.5 Å². The summed E-state index contributed by atoms with van der Waals surface area (Å²) in [7, 11) is 4.40. The van der Waals surface area contributed by atoms with E-state index in [4.69, 9.17) is 18.9 Å². The molecule has 0 bridgehead atoms. The third-order valence-corrected chi connectivity index (χ3v) is 5.64. The van der Waals surface area contributed by atoms with Gasteiger partial charge in [-0.2, -0.15) is 13.2 Å². The maximum atomic E-state index is 13.5. The third kappa shape index (κ3) is 6.32. The predicted octanol–water partition coefficient (Wildman–Crippen LogP) is 3.71. The van der Waals surface area contributed by atoms with Crippen LogP contribution in [0.3, 0.4) is 0 Å². The Bertz CT molecular complexity index is 935. The Morgan fingerprint density at radius 2 is 1.59 bits per heavy atom. The average molecular weight is 482 g/mol. The van der Waals surface area contributed by atoms with Crippen molar-refractivity contribution in [2.45, 2.75) is 12.7 Å². The molecular weight excluding hydrogens is 453 g/mol. The van der Waals surface area contributed by atoms with E-state index in [2.05, 4.69) is 4.90 Å². The van der Waals surface area contributed by atoms with E-state index in [-0.39, 0.29) is 12.5 Å². The highest BCUT2D eigenvalue weighted by atomic mass is 19.4. The second-order valence-corrected chi connectivity index (χ2v) is 7.79. The molecular formula is C24H29F3N2O5. The molecule has 2 aromatic rings. The highest BCUT2D eigenvalue weighted by molar-refractivity contribution is 5.95. The van der Waals surface area contributed by atoms with Gasteiger partial charge in [0.05, 0.1) is 40.1 Å². The van der Waals surface area contributed by atoms with Gasteiger partial charge in [-0.25, -0.2) is 0 Å². The van der Waals surface area contributed by atoms with Gasteiger partial charge in [0.25, 0.3) is 5.91 Å². The van der Waals surface area contributed by atoms with Crippen LogP contribution in [0, 0.1) is 0 Å². The molecule has 186 valence electrons. The molecule has 1 amide bonds. The first-order valence-electron chi connectivity index (χ1n) is 10.8. The Labute approximate surface area is 196 Å². The summed E-state index contributed by atoms with van der Waals surface area (Å²) in [6.45, 7) is 3.91. The van der Waals surface area contributed by atoms with Gasteiger partial charge >= 0.3 is 6.18 Å². The molecule has 10 heteroatoms.